The molecule has 0 fully saturated rings. The second kappa shape index (κ2) is 8.87. The highest BCUT2D eigenvalue weighted by molar-refractivity contribution is 5.94. The summed E-state index contributed by atoms with van der Waals surface area (Å²) in [6.45, 7) is 4.38. The maximum Gasteiger partial charge on any atom is 0.251 e. The molecule has 0 bridgehead atoms. The van der Waals surface area contributed by atoms with Crippen LogP contribution in [0.2, 0.25) is 0 Å². The van der Waals surface area contributed by atoms with Gasteiger partial charge in [-0.05, 0) is 48.7 Å². The number of rotatable bonds is 7. The van der Waals surface area contributed by atoms with Gasteiger partial charge in [-0.2, -0.15) is 0 Å². The van der Waals surface area contributed by atoms with E-state index in [1.54, 1.807) is 24.3 Å². The Bertz CT molecular complexity index is 726. The molecule has 4 N–H and O–H groups in total. The highest BCUT2D eigenvalue weighted by atomic mass is 16.2. The second-order valence-electron chi connectivity index (χ2n) is 6.18. The third kappa shape index (κ3) is 5.95. The van der Waals surface area contributed by atoms with Crippen LogP contribution in [0.4, 0.5) is 5.69 Å². The van der Waals surface area contributed by atoms with Crippen LogP contribution >= 0.6 is 0 Å². The molecule has 2 amide bonds. The van der Waals surface area contributed by atoms with E-state index in [1.165, 1.54) is 0 Å². The van der Waals surface area contributed by atoms with Crippen molar-refractivity contribution < 1.29 is 9.59 Å². The molecule has 5 nitrogen and oxygen atoms in total. The third-order valence-corrected chi connectivity index (χ3v) is 4.01. The van der Waals surface area contributed by atoms with Gasteiger partial charge in [0.1, 0.15) is 0 Å². The monoisotopic (exact) mass is 339 g/mol. The van der Waals surface area contributed by atoms with Crippen molar-refractivity contribution in [1.82, 2.24) is 10.6 Å². The number of hydrogen-bond donors (Lipinski definition) is 3. The summed E-state index contributed by atoms with van der Waals surface area (Å²) in [5.41, 5.74) is 8.72. The lowest BCUT2D eigenvalue weighted by Gasteiger charge is -2.12. The molecule has 132 valence electrons. The first-order chi connectivity index (χ1) is 12.0. The average molecular weight is 339 g/mol. The maximum absolute atomic E-state index is 12.2. The van der Waals surface area contributed by atoms with Gasteiger partial charge in [-0.1, -0.05) is 31.2 Å². The number of amides is 2. The lowest BCUT2D eigenvalue weighted by molar-refractivity contribution is -0.120. The molecule has 0 saturated carbocycles. The summed E-state index contributed by atoms with van der Waals surface area (Å²) in [7, 11) is 0. The number of nitrogen functional groups attached to an aromatic ring is 1. The third-order valence-electron chi connectivity index (χ3n) is 4.01. The van der Waals surface area contributed by atoms with Gasteiger partial charge < -0.3 is 16.4 Å². The Balaban J connectivity index is 1.90. The molecule has 0 radical (unpaired) electrons. The van der Waals surface area contributed by atoms with Crippen molar-refractivity contribution >= 4 is 17.5 Å². The molecular formula is C20H25N3O2. The predicted molar refractivity (Wildman–Crippen MR) is 100 cm³/mol. The maximum atomic E-state index is 12.2. The first-order valence-electron chi connectivity index (χ1n) is 8.49. The number of nitrogens with two attached hydrogens (primary N) is 1. The largest absolute Gasteiger partial charge is 0.399 e. The van der Waals surface area contributed by atoms with Gasteiger partial charge in [0.2, 0.25) is 5.91 Å². The number of benzene rings is 2. The van der Waals surface area contributed by atoms with E-state index in [-0.39, 0.29) is 17.9 Å². The van der Waals surface area contributed by atoms with E-state index in [0.29, 0.717) is 24.2 Å². The zero-order valence-electron chi connectivity index (χ0n) is 14.7. The molecule has 2 rings (SSSR count). The Labute approximate surface area is 148 Å². The molecule has 2 aromatic carbocycles. The van der Waals surface area contributed by atoms with Gasteiger partial charge in [0.25, 0.3) is 5.91 Å². The number of hydrogen-bond acceptors (Lipinski definition) is 3. The van der Waals surface area contributed by atoms with Crippen LogP contribution in [0.3, 0.4) is 0 Å². The van der Waals surface area contributed by atoms with Crippen LogP contribution in [0.15, 0.2) is 48.5 Å². The highest BCUT2D eigenvalue weighted by Gasteiger charge is 2.09. The second-order valence-corrected chi connectivity index (χ2v) is 6.18. The first-order valence-corrected chi connectivity index (χ1v) is 8.49. The van der Waals surface area contributed by atoms with Crippen LogP contribution in [0.25, 0.3) is 0 Å². The molecule has 0 aliphatic carbocycles. The van der Waals surface area contributed by atoms with Crippen LogP contribution in [-0.2, 0) is 17.8 Å². The molecule has 0 heterocycles. The Morgan fingerprint density at radius 1 is 1.08 bits per heavy atom. The molecule has 1 atom stereocenters. The van der Waals surface area contributed by atoms with Crippen LogP contribution in [0, 0.1) is 0 Å². The van der Waals surface area contributed by atoms with E-state index in [9.17, 15) is 9.59 Å². The summed E-state index contributed by atoms with van der Waals surface area (Å²) in [4.78, 5) is 24.2. The summed E-state index contributed by atoms with van der Waals surface area (Å²) >= 11 is 0. The fourth-order valence-corrected chi connectivity index (χ4v) is 2.32. The van der Waals surface area contributed by atoms with Crippen molar-refractivity contribution in [2.24, 2.45) is 0 Å². The van der Waals surface area contributed by atoms with Crippen LogP contribution in [0.1, 0.15) is 41.8 Å². The van der Waals surface area contributed by atoms with Gasteiger partial charge in [-0.3, -0.25) is 9.59 Å². The standard InChI is InChI=1S/C20H25N3O2/c1-3-14(2)23-20(25)17-6-4-5-16(11-17)13-22-19(24)12-15-7-9-18(21)10-8-15/h4-11,14H,3,12-13,21H2,1-2H3,(H,22,24)(H,23,25). The van der Waals surface area contributed by atoms with E-state index in [4.69, 9.17) is 5.73 Å². The quantitative estimate of drug-likeness (QED) is 0.678. The van der Waals surface area contributed by atoms with Crippen molar-refractivity contribution in [3.05, 3.63) is 65.2 Å². The number of anilines is 1. The summed E-state index contributed by atoms with van der Waals surface area (Å²) in [5.74, 6) is -0.163. The smallest absolute Gasteiger partial charge is 0.251 e. The minimum Gasteiger partial charge on any atom is -0.399 e. The molecule has 1 unspecified atom stereocenters. The van der Waals surface area contributed by atoms with Crippen LogP contribution in [-0.4, -0.2) is 17.9 Å². The van der Waals surface area contributed by atoms with Crippen LogP contribution in [0.5, 0.6) is 0 Å². The topological polar surface area (TPSA) is 84.2 Å². The molecule has 0 spiro atoms. The molecule has 0 aliphatic rings. The van der Waals surface area contributed by atoms with E-state index in [1.807, 2.05) is 38.1 Å². The predicted octanol–water partition coefficient (Wildman–Crippen LogP) is 2.66. The molecule has 25 heavy (non-hydrogen) atoms. The number of nitrogens with one attached hydrogen (secondary N) is 2. The van der Waals surface area contributed by atoms with Crippen molar-refractivity contribution in [3.63, 3.8) is 0 Å². The lowest BCUT2D eigenvalue weighted by Crippen LogP contribution is -2.32. The molecule has 5 heteroatoms. The van der Waals surface area contributed by atoms with Crippen LogP contribution < -0.4 is 16.4 Å². The molecule has 2 aromatic rings. The lowest BCUT2D eigenvalue weighted by atomic mass is 10.1. The van der Waals surface area contributed by atoms with Gasteiger partial charge in [-0.25, -0.2) is 0 Å². The van der Waals surface area contributed by atoms with Gasteiger partial charge in [0.15, 0.2) is 0 Å². The van der Waals surface area contributed by atoms with E-state index in [2.05, 4.69) is 10.6 Å². The van der Waals surface area contributed by atoms with Crippen molar-refractivity contribution in [3.8, 4) is 0 Å². The summed E-state index contributed by atoms with van der Waals surface area (Å²) < 4.78 is 0. The van der Waals surface area contributed by atoms with E-state index in [0.717, 1.165) is 17.5 Å². The Kier molecular flexibility index (Phi) is 6.57. The molecule has 0 aliphatic heterocycles. The van der Waals surface area contributed by atoms with Gasteiger partial charge in [0.05, 0.1) is 6.42 Å². The molecule has 0 aromatic heterocycles. The van der Waals surface area contributed by atoms with Gasteiger partial charge >= 0.3 is 0 Å². The average Bonchev–Trinajstić information content (AvgIpc) is 2.62. The fourth-order valence-electron chi connectivity index (χ4n) is 2.32. The highest BCUT2D eigenvalue weighted by Crippen LogP contribution is 2.08. The fraction of sp³-hybridized carbons (Fsp3) is 0.300. The number of carbonyl (C=O) groups excluding carboxylic acids is 2. The Hall–Kier alpha value is -2.82. The normalized spacial score (nSPS) is 11.6. The zero-order valence-corrected chi connectivity index (χ0v) is 14.7. The van der Waals surface area contributed by atoms with Crippen molar-refractivity contribution in [1.29, 1.82) is 0 Å². The molecule has 0 saturated heterocycles. The molecular weight excluding hydrogens is 314 g/mol. The van der Waals surface area contributed by atoms with E-state index >= 15 is 0 Å². The minimum absolute atomic E-state index is 0.0702. The van der Waals surface area contributed by atoms with Gasteiger partial charge in [-0.15, -0.1) is 0 Å². The Morgan fingerprint density at radius 2 is 1.80 bits per heavy atom. The van der Waals surface area contributed by atoms with Gasteiger partial charge in [0, 0.05) is 23.8 Å². The summed E-state index contributed by atoms with van der Waals surface area (Å²) in [6.07, 6.45) is 1.18. The van der Waals surface area contributed by atoms with Crippen molar-refractivity contribution in [2.45, 2.75) is 39.3 Å². The number of carbonyl (C=O) groups is 2. The van der Waals surface area contributed by atoms with E-state index < -0.39 is 0 Å². The SMILES string of the molecule is CCC(C)NC(=O)c1cccc(CNC(=O)Cc2ccc(N)cc2)c1. The summed E-state index contributed by atoms with van der Waals surface area (Å²) in [5, 5.41) is 5.82. The van der Waals surface area contributed by atoms with Crippen molar-refractivity contribution in [2.75, 3.05) is 5.73 Å². The first kappa shape index (κ1) is 18.5. The minimum atomic E-state index is -0.0931. The zero-order chi connectivity index (χ0) is 18.2. The Morgan fingerprint density at radius 3 is 2.48 bits per heavy atom. The summed E-state index contributed by atoms with van der Waals surface area (Å²) in [6, 6.07) is 14.7.